The Hall–Kier alpha value is -1.57. The minimum atomic E-state index is 0.0979. The smallest absolute Gasteiger partial charge is 0.0460 e. The molecule has 2 nitrogen and oxygen atoms in total. The van der Waals surface area contributed by atoms with Crippen LogP contribution < -0.4 is 0 Å². The highest BCUT2D eigenvalue weighted by Gasteiger charge is 2.23. The average molecular weight is 270 g/mol. The minimum Gasteiger partial charge on any atom is -0.351 e. The van der Waals surface area contributed by atoms with Crippen molar-refractivity contribution in [3.63, 3.8) is 0 Å². The molecular formula is C18H26N2. The van der Waals surface area contributed by atoms with Crippen molar-refractivity contribution in [2.75, 3.05) is 0 Å². The fourth-order valence-electron chi connectivity index (χ4n) is 2.58. The number of rotatable bonds is 4. The number of aromatic nitrogens is 2. The first-order chi connectivity index (χ1) is 9.31. The van der Waals surface area contributed by atoms with Gasteiger partial charge in [0.2, 0.25) is 0 Å². The van der Waals surface area contributed by atoms with Crippen molar-refractivity contribution < 1.29 is 0 Å². The summed E-state index contributed by atoms with van der Waals surface area (Å²) in [5, 5.41) is 0. The van der Waals surface area contributed by atoms with Gasteiger partial charge >= 0.3 is 0 Å². The Morgan fingerprint density at radius 1 is 1.00 bits per heavy atom. The molecule has 20 heavy (non-hydrogen) atoms. The van der Waals surface area contributed by atoms with Gasteiger partial charge in [-0.15, -0.1) is 0 Å². The molecule has 0 amide bonds. The van der Waals surface area contributed by atoms with E-state index in [9.17, 15) is 0 Å². The molecule has 0 fully saturated rings. The van der Waals surface area contributed by atoms with Crippen molar-refractivity contribution in [3.8, 4) is 0 Å². The van der Waals surface area contributed by atoms with Crippen LogP contribution in [0, 0.1) is 0 Å². The van der Waals surface area contributed by atoms with E-state index in [2.05, 4.69) is 74.6 Å². The second-order valence-corrected chi connectivity index (χ2v) is 7.19. The van der Waals surface area contributed by atoms with Crippen molar-refractivity contribution in [2.24, 2.45) is 0 Å². The summed E-state index contributed by atoms with van der Waals surface area (Å²) < 4.78 is 2.38. The Kier molecular flexibility index (Phi) is 4.03. The SMILES string of the molecule is CC(C)(C)c1cccn1CCC(C)(C)c1ccccn1. The monoisotopic (exact) mass is 270 g/mol. The number of aryl methyl sites for hydroxylation is 1. The van der Waals surface area contributed by atoms with Gasteiger partial charge in [0, 0.05) is 41.2 Å². The molecule has 0 saturated heterocycles. The molecule has 2 heterocycles. The molecule has 0 aliphatic rings. The average Bonchev–Trinajstić information content (AvgIpc) is 2.86. The van der Waals surface area contributed by atoms with Gasteiger partial charge in [-0.1, -0.05) is 40.7 Å². The number of pyridine rings is 1. The van der Waals surface area contributed by atoms with Crippen LogP contribution in [0.4, 0.5) is 0 Å². The Morgan fingerprint density at radius 2 is 1.75 bits per heavy atom. The molecule has 2 rings (SSSR count). The van der Waals surface area contributed by atoms with E-state index in [0.29, 0.717) is 0 Å². The van der Waals surface area contributed by atoms with Crippen LogP contribution in [0.1, 0.15) is 52.4 Å². The Balaban J connectivity index is 2.11. The molecule has 0 unspecified atom stereocenters. The summed E-state index contributed by atoms with van der Waals surface area (Å²) >= 11 is 0. The molecule has 2 aromatic rings. The highest BCUT2D eigenvalue weighted by atomic mass is 15.0. The maximum absolute atomic E-state index is 4.51. The fourth-order valence-corrected chi connectivity index (χ4v) is 2.58. The standard InChI is InChI=1S/C18H26N2/c1-17(2,3)16-10-8-13-20(16)14-11-18(4,5)15-9-6-7-12-19-15/h6-10,12-13H,11,14H2,1-5H3. The van der Waals surface area contributed by atoms with Gasteiger partial charge in [-0.3, -0.25) is 4.98 Å². The van der Waals surface area contributed by atoms with Gasteiger partial charge < -0.3 is 4.57 Å². The fraction of sp³-hybridized carbons (Fsp3) is 0.500. The Bertz CT molecular complexity index is 544. The summed E-state index contributed by atoms with van der Waals surface area (Å²) in [7, 11) is 0. The molecule has 0 radical (unpaired) electrons. The van der Waals surface area contributed by atoms with Crippen LogP contribution in [-0.2, 0) is 17.4 Å². The molecule has 0 spiro atoms. The highest BCUT2D eigenvalue weighted by Crippen LogP contribution is 2.28. The Morgan fingerprint density at radius 3 is 2.35 bits per heavy atom. The van der Waals surface area contributed by atoms with Crippen molar-refractivity contribution in [1.29, 1.82) is 0 Å². The van der Waals surface area contributed by atoms with E-state index >= 15 is 0 Å². The summed E-state index contributed by atoms with van der Waals surface area (Å²) in [6.07, 6.45) is 5.16. The van der Waals surface area contributed by atoms with Gasteiger partial charge in [0.05, 0.1) is 0 Å². The van der Waals surface area contributed by atoms with Crippen molar-refractivity contribution in [2.45, 2.75) is 58.4 Å². The van der Waals surface area contributed by atoms with Gasteiger partial charge in [0.1, 0.15) is 0 Å². The van der Waals surface area contributed by atoms with Gasteiger partial charge in [-0.25, -0.2) is 0 Å². The third-order valence-electron chi connectivity index (χ3n) is 3.93. The lowest BCUT2D eigenvalue weighted by molar-refractivity contribution is 0.410. The summed E-state index contributed by atoms with van der Waals surface area (Å²) in [6, 6.07) is 10.5. The zero-order valence-electron chi connectivity index (χ0n) is 13.4. The molecule has 0 bridgehead atoms. The van der Waals surface area contributed by atoms with Crippen LogP contribution in [0.5, 0.6) is 0 Å². The zero-order chi connectivity index (χ0) is 14.8. The van der Waals surface area contributed by atoms with E-state index in [-0.39, 0.29) is 10.8 Å². The first-order valence-electron chi connectivity index (χ1n) is 7.38. The molecule has 108 valence electrons. The maximum atomic E-state index is 4.51. The maximum Gasteiger partial charge on any atom is 0.0460 e. The molecule has 0 aliphatic heterocycles. The van der Waals surface area contributed by atoms with E-state index in [1.54, 1.807) is 0 Å². The topological polar surface area (TPSA) is 17.8 Å². The van der Waals surface area contributed by atoms with Crippen LogP contribution in [0.25, 0.3) is 0 Å². The van der Waals surface area contributed by atoms with Crippen LogP contribution in [0.3, 0.4) is 0 Å². The predicted molar refractivity (Wildman–Crippen MR) is 85.0 cm³/mol. The third kappa shape index (κ3) is 3.30. The third-order valence-corrected chi connectivity index (χ3v) is 3.93. The lowest BCUT2D eigenvalue weighted by Crippen LogP contribution is -2.23. The van der Waals surface area contributed by atoms with E-state index < -0.39 is 0 Å². The number of nitrogens with zero attached hydrogens (tertiary/aromatic N) is 2. The molecule has 2 heteroatoms. The quantitative estimate of drug-likeness (QED) is 0.797. The van der Waals surface area contributed by atoms with Crippen LogP contribution in [0.2, 0.25) is 0 Å². The summed E-state index contributed by atoms with van der Waals surface area (Å²) in [4.78, 5) is 4.51. The van der Waals surface area contributed by atoms with Crippen LogP contribution in [-0.4, -0.2) is 9.55 Å². The zero-order valence-corrected chi connectivity index (χ0v) is 13.4. The first kappa shape index (κ1) is 14.8. The van der Waals surface area contributed by atoms with Gasteiger partial charge in [0.25, 0.3) is 0 Å². The summed E-state index contributed by atoms with van der Waals surface area (Å²) in [5.41, 5.74) is 2.86. The van der Waals surface area contributed by atoms with Gasteiger partial charge in [0.15, 0.2) is 0 Å². The molecular weight excluding hydrogens is 244 g/mol. The second kappa shape index (κ2) is 5.43. The van der Waals surface area contributed by atoms with Crippen molar-refractivity contribution >= 4 is 0 Å². The highest BCUT2D eigenvalue weighted by molar-refractivity contribution is 5.17. The van der Waals surface area contributed by atoms with E-state index in [1.165, 1.54) is 11.4 Å². The van der Waals surface area contributed by atoms with Crippen molar-refractivity contribution in [1.82, 2.24) is 9.55 Å². The minimum absolute atomic E-state index is 0.0979. The van der Waals surface area contributed by atoms with Crippen LogP contribution >= 0.6 is 0 Å². The number of hydrogen-bond donors (Lipinski definition) is 0. The van der Waals surface area contributed by atoms with E-state index in [0.717, 1.165) is 13.0 Å². The van der Waals surface area contributed by atoms with E-state index in [4.69, 9.17) is 0 Å². The number of hydrogen-bond acceptors (Lipinski definition) is 1. The van der Waals surface area contributed by atoms with Gasteiger partial charge in [-0.2, -0.15) is 0 Å². The van der Waals surface area contributed by atoms with Crippen molar-refractivity contribution in [3.05, 3.63) is 54.1 Å². The predicted octanol–water partition coefficient (Wildman–Crippen LogP) is 4.55. The lowest BCUT2D eigenvalue weighted by atomic mass is 9.85. The van der Waals surface area contributed by atoms with Gasteiger partial charge in [-0.05, 0) is 30.7 Å². The molecule has 0 aromatic carbocycles. The Labute approximate surface area is 122 Å². The second-order valence-electron chi connectivity index (χ2n) is 7.19. The van der Waals surface area contributed by atoms with Crippen LogP contribution in [0.15, 0.2) is 42.7 Å². The first-order valence-corrected chi connectivity index (χ1v) is 7.38. The summed E-state index contributed by atoms with van der Waals surface area (Å²) in [6.45, 7) is 12.4. The molecule has 2 aromatic heterocycles. The largest absolute Gasteiger partial charge is 0.351 e. The summed E-state index contributed by atoms with van der Waals surface area (Å²) in [5.74, 6) is 0. The normalized spacial score (nSPS) is 12.7. The molecule has 0 N–H and O–H groups in total. The lowest BCUT2D eigenvalue weighted by Gasteiger charge is -2.27. The molecule has 0 aliphatic carbocycles. The molecule has 0 atom stereocenters. The van der Waals surface area contributed by atoms with E-state index in [1.807, 2.05) is 12.3 Å². The molecule has 0 saturated carbocycles.